The van der Waals surface area contributed by atoms with Crippen molar-refractivity contribution >= 4 is 9.84 Å². The van der Waals surface area contributed by atoms with Gasteiger partial charge in [-0.3, -0.25) is 9.88 Å². The molecule has 1 aromatic carbocycles. The number of hydrogen-bond acceptors (Lipinski definition) is 4. The van der Waals surface area contributed by atoms with E-state index in [1.807, 2.05) is 25.1 Å². The zero-order valence-corrected chi connectivity index (χ0v) is 15.8. The molecule has 0 saturated carbocycles. The highest BCUT2D eigenvalue weighted by atomic mass is 32.2. The average Bonchev–Trinajstić information content (AvgIpc) is 2.55. The second-order valence-electron chi connectivity index (χ2n) is 7.13. The second kappa shape index (κ2) is 7.67. The van der Waals surface area contributed by atoms with E-state index in [0.717, 1.165) is 31.7 Å². The molecule has 1 unspecified atom stereocenters. The van der Waals surface area contributed by atoms with Crippen LogP contribution in [0.5, 0.6) is 0 Å². The van der Waals surface area contributed by atoms with Gasteiger partial charge in [-0.1, -0.05) is 18.2 Å². The molecule has 1 aromatic heterocycles. The Kier molecular flexibility index (Phi) is 5.54. The Hall–Kier alpha value is -1.72. The summed E-state index contributed by atoms with van der Waals surface area (Å²) in [6.45, 7) is 5.09. The summed E-state index contributed by atoms with van der Waals surface area (Å²) >= 11 is 0. The predicted octanol–water partition coefficient (Wildman–Crippen LogP) is 3.25. The fraction of sp³-hybridized carbons (Fsp3) is 0.450. The van der Waals surface area contributed by atoms with Gasteiger partial charge in [-0.15, -0.1) is 0 Å². The van der Waals surface area contributed by atoms with Crippen molar-refractivity contribution in [3.63, 3.8) is 0 Å². The third kappa shape index (κ3) is 5.13. The van der Waals surface area contributed by atoms with Gasteiger partial charge in [0.05, 0.1) is 4.90 Å². The van der Waals surface area contributed by atoms with Crippen LogP contribution in [0.25, 0.3) is 0 Å². The van der Waals surface area contributed by atoms with Crippen LogP contribution in [0.4, 0.5) is 0 Å². The van der Waals surface area contributed by atoms with Gasteiger partial charge in [0.15, 0.2) is 9.84 Å². The molecule has 0 amide bonds. The minimum absolute atomic E-state index is 0.387. The van der Waals surface area contributed by atoms with Crippen molar-refractivity contribution in [2.24, 2.45) is 5.92 Å². The molecule has 25 heavy (non-hydrogen) atoms. The first-order chi connectivity index (χ1) is 11.9. The summed E-state index contributed by atoms with van der Waals surface area (Å²) < 4.78 is 23.1. The van der Waals surface area contributed by atoms with Crippen LogP contribution >= 0.6 is 0 Å². The Morgan fingerprint density at radius 1 is 1.16 bits per heavy atom. The maximum absolute atomic E-state index is 11.6. The van der Waals surface area contributed by atoms with Gasteiger partial charge in [-0.2, -0.15) is 0 Å². The SMILES string of the molecule is Cc1cccc(CC2CCCN(Cc3ccc(S(C)(=O)=O)cc3)C2)n1. The quantitative estimate of drug-likeness (QED) is 0.823. The molecule has 1 atom stereocenters. The van der Waals surface area contributed by atoms with Crippen molar-refractivity contribution in [2.75, 3.05) is 19.3 Å². The smallest absolute Gasteiger partial charge is 0.175 e. The molecular formula is C20H26N2O2S. The number of nitrogens with zero attached hydrogens (tertiary/aromatic N) is 2. The summed E-state index contributed by atoms with van der Waals surface area (Å²) in [7, 11) is -3.12. The lowest BCUT2D eigenvalue weighted by Gasteiger charge is -2.32. The van der Waals surface area contributed by atoms with Gasteiger partial charge >= 0.3 is 0 Å². The van der Waals surface area contributed by atoms with Crippen LogP contribution in [0.1, 0.15) is 29.8 Å². The highest BCUT2D eigenvalue weighted by molar-refractivity contribution is 7.90. The average molecular weight is 359 g/mol. The molecule has 1 aliphatic heterocycles. The van der Waals surface area contributed by atoms with Crippen LogP contribution in [-0.2, 0) is 22.8 Å². The van der Waals surface area contributed by atoms with Crippen molar-refractivity contribution in [1.82, 2.24) is 9.88 Å². The van der Waals surface area contributed by atoms with E-state index in [4.69, 9.17) is 0 Å². The molecule has 1 fully saturated rings. The lowest BCUT2D eigenvalue weighted by molar-refractivity contribution is 0.166. The van der Waals surface area contributed by atoms with E-state index < -0.39 is 9.84 Å². The van der Waals surface area contributed by atoms with Crippen LogP contribution in [-0.4, -0.2) is 37.6 Å². The van der Waals surface area contributed by atoms with Gasteiger partial charge in [0.1, 0.15) is 0 Å². The summed E-state index contributed by atoms with van der Waals surface area (Å²) in [6, 6.07) is 13.5. The molecule has 134 valence electrons. The molecule has 1 saturated heterocycles. The number of likely N-dealkylation sites (tertiary alicyclic amines) is 1. The molecule has 0 radical (unpaired) electrons. The minimum Gasteiger partial charge on any atom is -0.299 e. The third-order valence-corrected chi connectivity index (χ3v) is 5.93. The van der Waals surface area contributed by atoms with E-state index in [-0.39, 0.29) is 0 Å². The number of piperidine rings is 1. The fourth-order valence-corrected chi connectivity index (χ4v) is 4.20. The highest BCUT2D eigenvalue weighted by Crippen LogP contribution is 2.22. The molecule has 0 N–H and O–H groups in total. The molecule has 5 heteroatoms. The van der Waals surface area contributed by atoms with Gasteiger partial charge in [0.2, 0.25) is 0 Å². The molecular weight excluding hydrogens is 332 g/mol. The molecule has 0 spiro atoms. The standard InChI is InChI=1S/C20H26N2O2S/c1-16-5-3-7-19(21-16)13-18-6-4-12-22(15-18)14-17-8-10-20(11-9-17)25(2,23)24/h3,5,7-11,18H,4,6,12-15H2,1-2H3. The molecule has 3 rings (SSSR count). The number of sulfone groups is 1. The number of aryl methyl sites for hydroxylation is 1. The van der Waals surface area contributed by atoms with Crippen molar-refractivity contribution in [3.8, 4) is 0 Å². The summed E-state index contributed by atoms with van der Waals surface area (Å²) in [5.74, 6) is 0.637. The molecule has 0 aliphatic carbocycles. The van der Waals surface area contributed by atoms with Crippen molar-refractivity contribution in [1.29, 1.82) is 0 Å². The Balaban J connectivity index is 1.60. The van der Waals surface area contributed by atoms with E-state index in [1.165, 1.54) is 30.4 Å². The fourth-order valence-electron chi connectivity index (χ4n) is 3.57. The van der Waals surface area contributed by atoms with Crippen molar-refractivity contribution in [3.05, 3.63) is 59.4 Å². The lowest BCUT2D eigenvalue weighted by Crippen LogP contribution is -2.35. The Labute approximate surface area is 150 Å². The zero-order chi connectivity index (χ0) is 17.9. The Morgan fingerprint density at radius 2 is 1.92 bits per heavy atom. The van der Waals surface area contributed by atoms with Crippen LogP contribution in [0.15, 0.2) is 47.4 Å². The van der Waals surface area contributed by atoms with Crippen molar-refractivity contribution in [2.45, 2.75) is 37.6 Å². The summed E-state index contributed by atoms with van der Waals surface area (Å²) in [5.41, 5.74) is 3.43. The predicted molar refractivity (Wildman–Crippen MR) is 100 cm³/mol. The van der Waals surface area contributed by atoms with Gasteiger partial charge < -0.3 is 0 Å². The topological polar surface area (TPSA) is 50.3 Å². The molecule has 4 nitrogen and oxygen atoms in total. The first-order valence-corrected chi connectivity index (χ1v) is 10.7. The number of benzene rings is 1. The van der Waals surface area contributed by atoms with Crippen LogP contribution in [0.2, 0.25) is 0 Å². The summed E-state index contributed by atoms with van der Waals surface area (Å²) in [4.78, 5) is 7.49. The van der Waals surface area contributed by atoms with Gasteiger partial charge in [0.25, 0.3) is 0 Å². The van der Waals surface area contributed by atoms with E-state index >= 15 is 0 Å². The number of aromatic nitrogens is 1. The molecule has 1 aliphatic rings. The lowest BCUT2D eigenvalue weighted by atomic mass is 9.93. The minimum atomic E-state index is -3.12. The second-order valence-corrected chi connectivity index (χ2v) is 9.15. The summed E-state index contributed by atoms with van der Waals surface area (Å²) in [6.07, 6.45) is 4.73. The Morgan fingerprint density at radius 3 is 2.60 bits per heavy atom. The van der Waals surface area contributed by atoms with Crippen LogP contribution in [0, 0.1) is 12.8 Å². The number of pyridine rings is 1. The normalized spacial score (nSPS) is 19.0. The first-order valence-electron chi connectivity index (χ1n) is 8.84. The number of rotatable bonds is 5. The van der Waals surface area contributed by atoms with Crippen LogP contribution < -0.4 is 0 Å². The van der Waals surface area contributed by atoms with E-state index in [1.54, 1.807) is 12.1 Å². The van der Waals surface area contributed by atoms with Gasteiger partial charge in [-0.25, -0.2) is 8.42 Å². The van der Waals surface area contributed by atoms with E-state index in [0.29, 0.717) is 10.8 Å². The highest BCUT2D eigenvalue weighted by Gasteiger charge is 2.21. The van der Waals surface area contributed by atoms with Crippen LogP contribution in [0.3, 0.4) is 0 Å². The maximum Gasteiger partial charge on any atom is 0.175 e. The van der Waals surface area contributed by atoms with Crippen molar-refractivity contribution < 1.29 is 8.42 Å². The van der Waals surface area contributed by atoms with E-state index in [2.05, 4.69) is 22.0 Å². The molecule has 2 heterocycles. The zero-order valence-electron chi connectivity index (χ0n) is 15.0. The first kappa shape index (κ1) is 18.1. The van der Waals surface area contributed by atoms with E-state index in [9.17, 15) is 8.42 Å². The third-order valence-electron chi connectivity index (χ3n) is 4.80. The maximum atomic E-state index is 11.6. The molecule has 2 aromatic rings. The van der Waals surface area contributed by atoms with Gasteiger partial charge in [0, 0.05) is 30.7 Å². The van der Waals surface area contributed by atoms with Gasteiger partial charge in [-0.05, 0) is 68.5 Å². The number of hydrogen-bond donors (Lipinski definition) is 0. The summed E-state index contributed by atoms with van der Waals surface area (Å²) in [5, 5.41) is 0. The Bertz CT molecular complexity index is 816. The monoisotopic (exact) mass is 358 g/mol. The largest absolute Gasteiger partial charge is 0.299 e. The molecule has 0 bridgehead atoms.